The van der Waals surface area contributed by atoms with Crippen LogP contribution in [0.1, 0.15) is 40.3 Å². The Labute approximate surface area is 203 Å². The number of aryl methyl sites for hydroxylation is 1. The van der Waals surface area contributed by atoms with Crippen molar-refractivity contribution in [1.82, 2.24) is 34.6 Å². The molecule has 0 bridgehead atoms. The minimum atomic E-state index is -1.20. The zero-order chi connectivity index (χ0) is 25.5. The van der Waals surface area contributed by atoms with Crippen LogP contribution in [0.5, 0.6) is 0 Å². The minimum Gasteiger partial charge on any atom is -0.465 e. The molecular weight excluding hydrogens is 450 g/mol. The largest absolute Gasteiger partial charge is 0.465 e. The van der Waals surface area contributed by atoms with Crippen molar-refractivity contribution >= 4 is 35.1 Å². The molecule has 1 aliphatic rings. The standard InChI is InChI=1S/C23H33N9O3/c1-15-14-17(27-26-15)24-18-16-8-7-9-31(16)28-20(25-18)30-12-10-29(11-13-30)19(33)23(5,6)32(21(34)35)22(2,3)4/h7-9,14H,10-13H2,1-6H3,(H,34,35)(H2,24,25,26,27,28). The number of anilines is 3. The average molecular weight is 484 g/mol. The van der Waals surface area contributed by atoms with Gasteiger partial charge < -0.3 is 20.2 Å². The van der Waals surface area contributed by atoms with Crippen LogP contribution in [0, 0.1) is 6.92 Å². The number of rotatable bonds is 5. The van der Waals surface area contributed by atoms with Gasteiger partial charge in [-0.3, -0.25) is 14.8 Å². The van der Waals surface area contributed by atoms with E-state index < -0.39 is 17.2 Å². The van der Waals surface area contributed by atoms with E-state index in [0.717, 1.165) is 11.2 Å². The van der Waals surface area contributed by atoms with Crippen molar-refractivity contribution < 1.29 is 14.7 Å². The molecule has 12 heteroatoms. The van der Waals surface area contributed by atoms with Gasteiger partial charge in [-0.2, -0.15) is 10.1 Å². The van der Waals surface area contributed by atoms with E-state index in [9.17, 15) is 14.7 Å². The van der Waals surface area contributed by atoms with E-state index in [0.29, 0.717) is 43.8 Å². The summed E-state index contributed by atoms with van der Waals surface area (Å²) in [5.41, 5.74) is -0.167. The number of piperazine rings is 1. The SMILES string of the molecule is Cc1cc(Nc2nc(N3CCN(C(=O)C(C)(C)N(C(=O)O)C(C)(C)C)CC3)nn3cccc23)n[nH]1. The molecule has 188 valence electrons. The number of carbonyl (C=O) groups excluding carboxylic acids is 1. The molecule has 0 aliphatic carbocycles. The van der Waals surface area contributed by atoms with Crippen LogP contribution in [0.2, 0.25) is 0 Å². The highest BCUT2D eigenvalue weighted by atomic mass is 16.4. The molecule has 35 heavy (non-hydrogen) atoms. The fraction of sp³-hybridized carbons (Fsp3) is 0.522. The van der Waals surface area contributed by atoms with Crippen molar-refractivity contribution in [1.29, 1.82) is 0 Å². The Hall–Kier alpha value is -3.83. The smallest absolute Gasteiger partial charge is 0.408 e. The van der Waals surface area contributed by atoms with Crippen LogP contribution in [-0.4, -0.2) is 89.0 Å². The van der Waals surface area contributed by atoms with Crippen molar-refractivity contribution in [3.63, 3.8) is 0 Å². The molecule has 0 spiro atoms. The summed E-state index contributed by atoms with van der Waals surface area (Å²) in [7, 11) is 0. The molecule has 4 heterocycles. The highest BCUT2D eigenvalue weighted by Crippen LogP contribution is 2.28. The lowest BCUT2D eigenvalue weighted by atomic mass is 9.93. The molecule has 1 saturated heterocycles. The molecule has 1 aliphatic heterocycles. The highest BCUT2D eigenvalue weighted by Gasteiger charge is 2.46. The zero-order valence-electron chi connectivity index (χ0n) is 21.0. The summed E-state index contributed by atoms with van der Waals surface area (Å²) < 4.78 is 1.76. The maximum Gasteiger partial charge on any atom is 0.408 e. The first-order valence-electron chi connectivity index (χ1n) is 11.6. The molecule has 0 radical (unpaired) electrons. The van der Waals surface area contributed by atoms with Gasteiger partial charge in [0.25, 0.3) is 0 Å². The fourth-order valence-electron chi connectivity index (χ4n) is 4.71. The number of hydrogen-bond acceptors (Lipinski definition) is 7. The Balaban J connectivity index is 1.51. The number of fused-ring (bicyclic) bond motifs is 1. The summed E-state index contributed by atoms with van der Waals surface area (Å²) in [6.45, 7) is 12.6. The topological polar surface area (TPSA) is 135 Å². The van der Waals surface area contributed by atoms with Crippen molar-refractivity contribution in [3.05, 3.63) is 30.1 Å². The molecule has 12 nitrogen and oxygen atoms in total. The second-order valence-corrected chi connectivity index (χ2v) is 10.3. The minimum absolute atomic E-state index is 0.215. The lowest BCUT2D eigenvalue weighted by Gasteiger charge is -2.47. The Bertz CT molecular complexity index is 1230. The van der Waals surface area contributed by atoms with Crippen LogP contribution in [0.15, 0.2) is 24.4 Å². The lowest BCUT2D eigenvalue weighted by molar-refractivity contribution is -0.144. The Morgan fingerprint density at radius 2 is 1.83 bits per heavy atom. The average Bonchev–Trinajstić information content (AvgIpc) is 3.40. The van der Waals surface area contributed by atoms with Crippen molar-refractivity contribution in [3.8, 4) is 0 Å². The maximum atomic E-state index is 13.4. The Morgan fingerprint density at radius 1 is 1.14 bits per heavy atom. The molecule has 0 unspecified atom stereocenters. The maximum absolute atomic E-state index is 13.4. The molecule has 0 saturated carbocycles. The monoisotopic (exact) mass is 483 g/mol. The normalized spacial score (nSPS) is 14.9. The molecule has 0 atom stereocenters. The Morgan fingerprint density at radius 3 is 2.40 bits per heavy atom. The number of nitrogens with one attached hydrogen (secondary N) is 2. The van der Waals surface area contributed by atoms with E-state index in [1.165, 1.54) is 4.90 Å². The van der Waals surface area contributed by atoms with Gasteiger partial charge in [0.2, 0.25) is 11.9 Å². The van der Waals surface area contributed by atoms with Crippen LogP contribution in [0.3, 0.4) is 0 Å². The van der Waals surface area contributed by atoms with Crippen molar-refractivity contribution in [2.24, 2.45) is 0 Å². The van der Waals surface area contributed by atoms with Gasteiger partial charge in [0.05, 0.1) is 0 Å². The van der Waals surface area contributed by atoms with Gasteiger partial charge in [-0.1, -0.05) is 0 Å². The molecule has 3 aromatic rings. The molecule has 4 rings (SSSR count). The number of H-pyrrole nitrogens is 1. The molecular formula is C23H33N9O3. The summed E-state index contributed by atoms with van der Waals surface area (Å²) in [6.07, 6.45) is 0.742. The number of amides is 2. The van der Waals surface area contributed by atoms with Crippen LogP contribution < -0.4 is 10.2 Å². The van der Waals surface area contributed by atoms with E-state index in [2.05, 4.69) is 20.6 Å². The Kier molecular flexibility index (Phi) is 6.07. The van der Waals surface area contributed by atoms with Gasteiger partial charge in [0.1, 0.15) is 11.1 Å². The number of carboxylic acid groups (broad SMARTS) is 1. The summed E-state index contributed by atoms with van der Waals surface area (Å²) in [5.74, 6) is 1.62. The van der Waals surface area contributed by atoms with Gasteiger partial charge in [0, 0.05) is 49.7 Å². The third kappa shape index (κ3) is 4.73. The third-order valence-corrected chi connectivity index (χ3v) is 6.13. The van der Waals surface area contributed by atoms with E-state index >= 15 is 0 Å². The van der Waals surface area contributed by atoms with Gasteiger partial charge >= 0.3 is 6.09 Å². The summed E-state index contributed by atoms with van der Waals surface area (Å²) in [6, 6.07) is 5.72. The number of aromatic nitrogens is 5. The predicted octanol–water partition coefficient (Wildman–Crippen LogP) is 2.71. The van der Waals surface area contributed by atoms with E-state index in [4.69, 9.17) is 4.98 Å². The fourth-order valence-corrected chi connectivity index (χ4v) is 4.71. The third-order valence-electron chi connectivity index (χ3n) is 6.13. The summed E-state index contributed by atoms with van der Waals surface area (Å²) in [4.78, 5) is 35.1. The second kappa shape index (κ2) is 8.75. The number of aromatic amines is 1. The van der Waals surface area contributed by atoms with Gasteiger partial charge in [0.15, 0.2) is 11.6 Å². The number of carbonyl (C=O) groups is 2. The summed E-state index contributed by atoms with van der Waals surface area (Å²) in [5, 5.41) is 24.8. The van der Waals surface area contributed by atoms with E-state index in [1.54, 1.807) is 44.0 Å². The zero-order valence-corrected chi connectivity index (χ0v) is 21.0. The van der Waals surface area contributed by atoms with E-state index in [1.807, 2.05) is 36.2 Å². The first-order valence-corrected chi connectivity index (χ1v) is 11.6. The second-order valence-electron chi connectivity index (χ2n) is 10.3. The molecule has 0 aromatic carbocycles. The van der Waals surface area contributed by atoms with Crippen LogP contribution >= 0.6 is 0 Å². The highest BCUT2D eigenvalue weighted by molar-refractivity contribution is 5.89. The first-order chi connectivity index (χ1) is 16.4. The van der Waals surface area contributed by atoms with Gasteiger partial charge in [-0.15, -0.1) is 5.10 Å². The van der Waals surface area contributed by atoms with Crippen LogP contribution in [0.4, 0.5) is 22.4 Å². The van der Waals surface area contributed by atoms with Crippen LogP contribution in [-0.2, 0) is 4.79 Å². The van der Waals surface area contributed by atoms with Crippen LogP contribution in [0.25, 0.3) is 5.52 Å². The number of hydrogen-bond donors (Lipinski definition) is 3. The molecule has 3 aromatic heterocycles. The van der Waals surface area contributed by atoms with Crippen molar-refractivity contribution in [2.45, 2.75) is 52.6 Å². The quantitative estimate of drug-likeness (QED) is 0.504. The van der Waals surface area contributed by atoms with Gasteiger partial charge in [-0.25, -0.2) is 9.31 Å². The predicted molar refractivity (Wildman–Crippen MR) is 132 cm³/mol. The van der Waals surface area contributed by atoms with E-state index in [-0.39, 0.29) is 5.91 Å². The molecule has 1 fully saturated rings. The van der Waals surface area contributed by atoms with Crippen molar-refractivity contribution in [2.75, 3.05) is 36.4 Å². The molecule has 2 amide bonds. The number of nitrogens with zero attached hydrogens (tertiary/aromatic N) is 7. The first kappa shape index (κ1) is 24.3. The summed E-state index contributed by atoms with van der Waals surface area (Å²) >= 11 is 0. The molecule has 3 N–H and O–H groups in total. The van der Waals surface area contributed by atoms with Gasteiger partial charge in [-0.05, 0) is 53.7 Å². The lowest BCUT2D eigenvalue weighted by Crippen LogP contribution is -2.65.